The van der Waals surface area contributed by atoms with Crippen molar-refractivity contribution in [2.24, 2.45) is 5.73 Å². The summed E-state index contributed by atoms with van der Waals surface area (Å²) in [5, 5.41) is 8.38. The third-order valence-electron chi connectivity index (χ3n) is 1.64. The van der Waals surface area contributed by atoms with Gasteiger partial charge in [-0.15, -0.1) is 0 Å². The molecule has 0 amide bonds. The summed E-state index contributed by atoms with van der Waals surface area (Å²) >= 11 is 0. The Morgan fingerprint density at radius 1 is 1.80 bits per heavy atom. The highest BCUT2D eigenvalue weighted by Gasteiger charge is 2.26. The smallest absolute Gasteiger partial charge is 0.163 e. The van der Waals surface area contributed by atoms with Gasteiger partial charge in [0, 0.05) is 12.0 Å². The first-order valence-corrected chi connectivity index (χ1v) is 3.21. The van der Waals surface area contributed by atoms with Gasteiger partial charge in [-0.2, -0.15) is 5.26 Å². The fourth-order valence-electron chi connectivity index (χ4n) is 0.941. The van der Waals surface area contributed by atoms with E-state index in [1.54, 1.807) is 6.08 Å². The minimum Gasteiger partial charge on any atom is -0.299 e. The first-order valence-electron chi connectivity index (χ1n) is 3.21. The van der Waals surface area contributed by atoms with Crippen LogP contribution in [0.5, 0.6) is 0 Å². The highest BCUT2D eigenvalue weighted by atomic mass is 19.1. The van der Waals surface area contributed by atoms with Gasteiger partial charge in [-0.05, 0) is 12.8 Å². The van der Waals surface area contributed by atoms with Crippen molar-refractivity contribution in [3.63, 3.8) is 0 Å². The fourth-order valence-corrected chi connectivity index (χ4v) is 0.941. The lowest BCUT2D eigenvalue weighted by Gasteiger charge is -2.21. The van der Waals surface area contributed by atoms with Crippen LogP contribution in [0.15, 0.2) is 11.6 Å². The average molecular weight is 140 g/mol. The second-order valence-electron chi connectivity index (χ2n) is 2.58. The van der Waals surface area contributed by atoms with Gasteiger partial charge in [0.15, 0.2) is 5.79 Å². The van der Waals surface area contributed by atoms with Crippen LogP contribution in [0.1, 0.15) is 19.3 Å². The van der Waals surface area contributed by atoms with E-state index in [1.807, 2.05) is 6.07 Å². The molecule has 0 fully saturated rings. The van der Waals surface area contributed by atoms with Crippen LogP contribution in [0.2, 0.25) is 0 Å². The van der Waals surface area contributed by atoms with E-state index in [2.05, 4.69) is 0 Å². The van der Waals surface area contributed by atoms with Gasteiger partial charge < -0.3 is 0 Å². The molecule has 54 valence electrons. The number of nitrogens with zero attached hydrogens (tertiary/aromatic N) is 1. The van der Waals surface area contributed by atoms with E-state index < -0.39 is 5.79 Å². The largest absolute Gasteiger partial charge is 0.299 e. The molecule has 1 unspecified atom stereocenters. The fraction of sp³-hybridized carbons (Fsp3) is 0.571. The van der Waals surface area contributed by atoms with Crippen molar-refractivity contribution < 1.29 is 4.39 Å². The molecular formula is C7H9FN2. The lowest BCUT2D eigenvalue weighted by atomic mass is 9.95. The van der Waals surface area contributed by atoms with E-state index in [0.717, 1.165) is 0 Å². The van der Waals surface area contributed by atoms with Gasteiger partial charge in [0.05, 0.1) is 6.07 Å². The van der Waals surface area contributed by atoms with Crippen LogP contribution in [0.4, 0.5) is 4.39 Å². The molecule has 1 aliphatic rings. The minimum atomic E-state index is -1.57. The molecule has 0 aromatic carbocycles. The molecule has 3 heteroatoms. The number of rotatable bonds is 0. The third kappa shape index (κ3) is 1.55. The van der Waals surface area contributed by atoms with Crippen molar-refractivity contribution in [3.8, 4) is 6.07 Å². The summed E-state index contributed by atoms with van der Waals surface area (Å²) in [6.07, 6.45) is 2.50. The Balaban J connectivity index is 2.63. The summed E-state index contributed by atoms with van der Waals surface area (Å²) in [4.78, 5) is 0. The molecular weight excluding hydrogens is 131 g/mol. The van der Waals surface area contributed by atoms with E-state index in [1.165, 1.54) is 0 Å². The van der Waals surface area contributed by atoms with Gasteiger partial charge in [-0.1, -0.05) is 6.08 Å². The van der Waals surface area contributed by atoms with Crippen LogP contribution in [-0.4, -0.2) is 5.79 Å². The molecule has 1 atom stereocenters. The van der Waals surface area contributed by atoms with Gasteiger partial charge in [-0.25, -0.2) is 4.39 Å². The van der Waals surface area contributed by atoms with Gasteiger partial charge >= 0.3 is 0 Å². The van der Waals surface area contributed by atoms with E-state index in [4.69, 9.17) is 11.0 Å². The normalized spacial score (nSPS) is 32.7. The van der Waals surface area contributed by atoms with Crippen molar-refractivity contribution in [2.75, 3.05) is 0 Å². The van der Waals surface area contributed by atoms with Gasteiger partial charge in [-0.3, -0.25) is 5.73 Å². The van der Waals surface area contributed by atoms with Crippen LogP contribution in [0, 0.1) is 11.3 Å². The Labute approximate surface area is 59.1 Å². The van der Waals surface area contributed by atoms with Crippen LogP contribution < -0.4 is 5.73 Å². The SMILES string of the molecule is N#CC1=CCC(N)(F)CC1. The molecule has 0 spiro atoms. The maximum absolute atomic E-state index is 12.8. The number of hydrogen-bond donors (Lipinski definition) is 1. The number of alkyl halides is 1. The van der Waals surface area contributed by atoms with Crippen molar-refractivity contribution in [3.05, 3.63) is 11.6 Å². The molecule has 0 saturated carbocycles. The predicted molar refractivity (Wildman–Crippen MR) is 35.6 cm³/mol. The van der Waals surface area contributed by atoms with Crippen molar-refractivity contribution in [2.45, 2.75) is 25.1 Å². The lowest BCUT2D eigenvalue weighted by Crippen LogP contribution is -2.35. The molecule has 2 N–H and O–H groups in total. The summed E-state index contributed by atoms with van der Waals surface area (Å²) < 4.78 is 12.8. The average Bonchev–Trinajstić information content (AvgIpc) is 1.88. The first kappa shape index (κ1) is 7.23. The quantitative estimate of drug-likeness (QED) is 0.515. The van der Waals surface area contributed by atoms with E-state index in [0.29, 0.717) is 12.0 Å². The molecule has 2 nitrogen and oxygen atoms in total. The molecule has 0 heterocycles. The molecule has 1 rings (SSSR count). The molecule has 0 aliphatic heterocycles. The van der Waals surface area contributed by atoms with Crippen LogP contribution in [0.25, 0.3) is 0 Å². The molecule has 0 bridgehead atoms. The Kier molecular flexibility index (Phi) is 1.73. The summed E-state index contributed by atoms with van der Waals surface area (Å²) in [5.74, 6) is -1.57. The Bertz CT molecular complexity index is 200. The predicted octanol–water partition coefficient (Wildman–Crippen LogP) is 1.24. The molecule has 0 aromatic heterocycles. The molecule has 0 saturated heterocycles. The van der Waals surface area contributed by atoms with Crippen LogP contribution >= 0.6 is 0 Å². The Morgan fingerprint density at radius 2 is 2.50 bits per heavy atom. The van der Waals surface area contributed by atoms with Gasteiger partial charge in [0.2, 0.25) is 0 Å². The summed E-state index contributed by atoms with van der Waals surface area (Å²) in [7, 11) is 0. The number of nitriles is 1. The lowest BCUT2D eigenvalue weighted by molar-refractivity contribution is 0.156. The van der Waals surface area contributed by atoms with Crippen molar-refractivity contribution >= 4 is 0 Å². The molecule has 0 radical (unpaired) electrons. The number of allylic oxidation sites excluding steroid dienone is 1. The Hall–Kier alpha value is -0.880. The van der Waals surface area contributed by atoms with Gasteiger partial charge in [0.1, 0.15) is 0 Å². The van der Waals surface area contributed by atoms with Gasteiger partial charge in [0.25, 0.3) is 0 Å². The van der Waals surface area contributed by atoms with E-state index >= 15 is 0 Å². The van der Waals surface area contributed by atoms with E-state index in [9.17, 15) is 4.39 Å². The number of hydrogen-bond acceptors (Lipinski definition) is 2. The maximum Gasteiger partial charge on any atom is 0.163 e. The zero-order valence-electron chi connectivity index (χ0n) is 5.60. The Morgan fingerprint density at radius 3 is 2.90 bits per heavy atom. The number of nitrogens with two attached hydrogens (primary N) is 1. The maximum atomic E-state index is 12.8. The number of halogens is 1. The second-order valence-corrected chi connectivity index (χ2v) is 2.58. The van der Waals surface area contributed by atoms with Crippen molar-refractivity contribution in [1.29, 1.82) is 5.26 Å². The first-order chi connectivity index (χ1) is 4.64. The second kappa shape index (κ2) is 2.39. The monoisotopic (exact) mass is 140 g/mol. The van der Waals surface area contributed by atoms with Crippen LogP contribution in [-0.2, 0) is 0 Å². The van der Waals surface area contributed by atoms with E-state index in [-0.39, 0.29) is 12.8 Å². The summed E-state index contributed by atoms with van der Waals surface area (Å²) in [6.45, 7) is 0. The minimum absolute atomic E-state index is 0.176. The summed E-state index contributed by atoms with van der Waals surface area (Å²) in [6, 6.07) is 1.98. The zero-order chi connectivity index (χ0) is 7.61. The third-order valence-corrected chi connectivity index (χ3v) is 1.64. The zero-order valence-corrected chi connectivity index (χ0v) is 5.60. The standard InChI is InChI=1S/C7H9FN2/c8-7(10)3-1-6(5-9)2-4-7/h1H,2-4,10H2. The molecule has 10 heavy (non-hydrogen) atoms. The van der Waals surface area contributed by atoms with Crippen molar-refractivity contribution in [1.82, 2.24) is 0 Å². The molecule has 1 aliphatic carbocycles. The highest BCUT2D eigenvalue weighted by molar-refractivity contribution is 5.23. The topological polar surface area (TPSA) is 49.8 Å². The van der Waals surface area contributed by atoms with Crippen LogP contribution in [0.3, 0.4) is 0 Å². The molecule has 0 aromatic rings. The summed E-state index contributed by atoms with van der Waals surface area (Å²) in [5.41, 5.74) is 5.83. The highest BCUT2D eigenvalue weighted by Crippen LogP contribution is 2.25.